The molecular formula is C23H36N4O3. The summed E-state index contributed by atoms with van der Waals surface area (Å²) in [5.41, 5.74) is 6.13. The molecule has 0 bridgehead atoms. The van der Waals surface area contributed by atoms with Crippen molar-refractivity contribution in [2.45, 2.75) is 41.0 Å². The Hall–Kier alpha value is -3.06. The van der Waals surface area contributed by atoms with Crippen LogP contribution in [-0.2, 0) is 0 Å². The number of rotatable bonds is 9. The lowest BCUT2D eigenvalue weighted by Crippen LogP contribution is -2.16. The van der Waals surface area contributed by atoms with Gasteiger partial charge in [-0.25, -0.2) is 0 Å². The van der Waals surface area contributed by atoms with Crippen LogP contribution in [0.4, 0.5) is 5.69 Å². The molecule has 1 atom stereocenters. The molecule has 0 aliphatic heterocycles. The maximum Gasteiger partial charge on any atom is 0.290 e. The van der Waals surface area contributed by atoms with Gasteiger partial charge in [0.15, 0.2) is 0 Å². The van der Waals surface area contributed by atoms with Gasteiger partial charge in [-0.05, 0) is 31.2 Å². The van der Waals surface area contributed by atoms with Crippen molar-refractivity contribution in [3.05, 3.63) is 76.0 Å². The Morgan fingerprint density at radius 2 is 1.87 bits per heavy atom. The van der Waals surface area contributed by atoms with E-state index in [-0.39, 0.29) is 22.7 Å². The summed E-state index contributed by atoms with van der Waals surface area (Å²) in [5.74, 6) is -0.609. The Morgan fingerprint density at radius 1 is 1.30 bits per heavy atom. The second-order valence-electron chi connectivity index (χ2n) is 6.19. The predicted molar refractivity (Wildman–Crippen MR) is 127 cm³/mol. The average Bonchev–Trinajstić information content (AvgIpc) is 2.72. The van der Waals surface area contributed by atoms with E-state index in [1.54, 1.807) is 12.2 Å². The van der Waals surface area contributed by atoms with E-state index < -0.39 is 10.8 Å². The van der Waals surface area contributed by atoms with Crippen molar-refractivity contribution in [2.24, 2.45) is 16.6 Å². The summed E-state index contributed by atoms with van der Waals surface area (Å²) in [6, 6.07) is 4.30. The summed E-state index contributed by atoms with van der Waals surface area (Å²) >= 11 is 0. The van der Waals surface area contributed by atoms with E-state index in [1.165, 1.54) is 30.8 Å². The summed E-state index contributed by atoms with van der Waals surface area (Å²) in [6.45, 7) is 18.8. The molecule has 1 aromatic rings. The molecule has 1 aromatic carbocycles. The summed E-state index contributed by atoms with van der Waals surface area (Å²) in [6.07, 6.45) is 6.02. The van der Waals surface area contributed by atoms with E-state index in [4.69, 9.17) is 5.73 Å². The number of hydrogen-bond donors (Lipinski definition) is 2. The van der Waals surface area contributed by atoms with Gasteiger partial charge in [-0.3, -0.25) is 19.9 Å². The largest absolute Gasteiger partial charge is 0.365 e. The van der Waals surface area contributed by atoms with Crippen LogP contribution in [0.1, 0.15) is 57.0 Å². The van der Waals surface area contributed by atoms with E-state index in [2.05, 4.69) is 37.3 Å². The number of aliphatic imine (C=N–C) groups is 1. The minimum Gasteiger partial charge on any atom is -0.365 e. The number of benzene rings is 1. The van der Waals surface area contributed by atoms with E-state index >= 15 is 0 Å². The van der Waals surface area contributed by atoms with Gasteiger partial charge in [0, 0.05) is 12.8 Å². The van der Waals surface area contributed by atoms with Gasteiger partial charge in [-0.1, -0.05) is 71.9 Å². The number of hydrogen-bond acceptors (Lipinski definition) is 5. The first-order chi connectivity index (χ1) is 14.2. The molecule has 3 N–H and O–H groups in total. The minimum atomic E-state index is -0.865. The molecule has 0 saturated carbocycles. The van der Waals surface area contributed by atoms with Gasteiger partial charge in [-0.15, -0.1) is 0 Å². The Morgan fingerprint density at radius 3 is 2.33 bits per heavy atom. The smallest absolute Gasteiger partial charge is 0.290 e. The monoisotopic (exact) mass is 416 g/mol. The fraction of sp³-hybridized carbons (Fsp3) is 0.391. The molecule has 1 rings (SSSR count). The van der Waals surface area contributed by atoms with Crippen molar-refractivity contribution in [1.82, 2.24) is 5.32 Å². The molecule has 0 aromatic heterocycles. The number of carbonyl (C=O) groups excluding carboxylic acids is 1. The van der Waals surface area contributed by atoms with E-state index in [1.807, 2.05) is 27.8 Å². The quantitative estimate of drug-likeness (QED) is 0.254. The van der Waals surface area contributed by atoms with Crippen LogP contribution in [0.25, 0.3) is 0 Å². The number of amides is 1. The zero-order chi connectivity index (χ0) is 23.7. The average molecular weight is 417 g/mol. The molecule has 166 valence electrons. The van der Waals surface area contributed by atoms with E-state index in [9.17, 15) is 14.9 Å². The van der Waals surface area contributed by atoms with Crippen LogP contribution in [0, 0.1) is 16.0 Å². The highest BCUT2D eigenvalue weighted by molar-refractivity contribution is 6.01. The van der Waals surface area contributed by atoms with E-state index in [0.717, 1.165) is 12.1 Å². The normalized spacial score (nSPS) is 11.1. The van der Waals surface area contributed by atoms with E-state index in [0.29, 0.717) is 5.70 Å². The Kier molecular flexibility index (Phi) is 16.4. The summed E-state index contributed by atoms with van der Waals surface area (Å²) in [7, 11) is 1.86. The van der Waals surface area contributed by atoms with Crippen LogP contribution < -0.4 is 11.1 Å². The third-order valence-corrected chi connectivity index (χ3v) is 3.52. The maximum absolute atomic E-state index is 11.3. The highest BCUT2D eigenvalue weighted by Crippen LogP contribution is 2.22. The molecule has 1 amide bonds. The van der Waals surface area contributed by atoms with Crippen molar-refractivity contribution in [3.8, 4) is 0 Å². The number of carbonyl (C=O) groups is 1. The third-order valence-electron chi connectivity index (χ3n) is 3.52. The lowest BCUT2D eigenvalue weighted by Gasteiger charge is -2.10. The fourth-order valence-corrected chi connectivity index (χ4v) is 2.07. The SMILES string of the molecule is C=C(/C=C\C(=C)C(C)CNC)N=Cc1cccc(C(N)=O)c1[N+](=O)[O-].CC.CCC. The Bertz CT molecular complexity index is 768. The van der Waals surface area contributed by atoms with Gasteiger partial charge < -0.3 is 11.1 Å². The van der Waals surface area contributed by atoms with Crippen LogP contribution in [0.15, 0.2) is 59.8 Å². The van der Waals surface area contributed by atoms with Gasteiger partial charge in [0.1, 0.15) is 5.56 Å². The molecule has 0 spiro atoms. The highest BCUT2D eigenvalue weighted by atomic mass is 16.6. The van der Waals surface area contributed by atoms with Crippen molar-refractivity contribution in [2.75, 3.05) is 13.6 Å². The molecule has 0 fully saturated rings. The van der Waals surface area contributed by atoms with Crippen LogP contribution in [0.2, 0.25) is 0 Å². The number of allylic oxidation sites excluding steroid dienone is 2. The number of primary amides is 1. The van der Waals surface area contributed by atoms with Gasteiger partial charge >= 0.3 is 0 Å². The van der Waals surface area contributed by atoms with Crippen LogP contribution in [0.5, 0.6) is 0 Å². The predicted octanol–water partition coefficient (Wildman–Crippen LogP) is 5.04. The molecule has 30 heavy (non-hydrogen) atoms. The molecule has 7 heteroatoms. The fourth-order valence-electron chi connectivity index (χ4n) is 2.07. The van der Waals surface area contributed by atoms with Gasteiger partial charge in [0.05, 0.1) is 16.2 Å². The Balaban J connectivity index is 0. The number of nitrogens with one attached hydrogen (secondary N) is 1. The molecule has 0 aliphatic carbocycles. The lowest BCUT2D eigenvalue weighted by molar-refractivity contribution is -0.385. The standard InChI is InChI=1S/C18H22N4O3.C3H8.C2H6/c1-12(13(2)10-20-4)8-9-14(3)21-11-15-6-5-7-16(18(19)23)17(15)22(24)25;1-3-2;1-2/h5-9,11,13,20H,1,3,10H2,2,4H3,(H2,19,23);3H2,1-2H3;1-2H3/b9-8-,21-11?;;. The number of nitrogens with two attached hydrogens (primary N) is 1. The summed E-state index contributed by atoms with van der Waals surface area (Å²) < 4.78 is 0. The first-order valence-electron chi connectivity index (χ1n) is 10.0. The second-order valence-corrected chi connectivity index (χ2v) is 6.19. The first kappa shape index (κ1) is 29.1. The summed E-state index contributed by atoms with van der Waals surface area (Å²) in [5, 5.41) is 14.3. The zero-order valence-electron chi connectivity index (χ0n) is 19.1. The molecule has 0 heterocycles. The van der Waals surface area contributed by atoms with Crippen molar-refractivity contribution in [1.29, 1.82) is 0 Å². The van der Waals surface area contributed by atoms with Gasteiger partial charge in [0.25, 0.3) is 11.6 Å². The first-order valence-corrected chi connectivity index (χ1v) is 10.0. The highest BCUT2D eigenvalue weighted by Gasteiger charge is 2.21. The topological polar surface area (TPSA) is 111 Å². The Labute approximate surface area is 180 Å². The molecular weight excluding hydrogens is 380 g/mol. The molecule has 0 saturated heterocycles. The van der Waals surface area contributed by atoms with Crippen LogP contribution in [-0.4, -0.2) is 30.6 Å². The number of nitro benzene ring substituents is 1. The molecule has 0 radical (unpaired) electrons. The lowest BCUT2D eigenvalue weighted by atomic mass is 10.0. The minimum absolute atomic E-state index is 0.163. The molecule has 0 aliphatic rings. The molecule has 1 unspecified atom stereocenters. The van der Waals surface area contributed by atoms with Crippen molar-refractivity contribution < 1.29 is 9.72 Å². The second kappa shape index (κ2) is 16.9. The van der Waals surface area contributed by atoms with Gasteiger partial charge in [-0.2, -0.15) is 0 Å². The zero-order valence-corrected chi connectivity index (χ0v) is 19.1. The van der Waals surface area contributed by atoms with Crippen LogP contribution >= 0.6 is 0 Å². The maximum atomic E-state index is 11.3. The van der Waals surface area contributed by atoms with Gasteiger partial charge in [0.2, 0.25) is 0 Å². The summed E-state index contributed by atoms with van der Waals surface area (Å²) in [4.78, 5) is 26.0. The number of para-hydroxylation sites is 1. The molecule has 7 nitrogen and oxygen atoms in total. The number of nitrogens with zero attached hydrogens (tertiary/aromatic N) is 2. The number of nitro groups is 1. The van der Waals surface area contributed by atoms with Crippen LogP contribution in [0.3, 0.4) is 0 Å². The van der Waals surface area contributed by atoms with Crippen molar-refractivity contribution in [3.63, 3.8) is 0 Å². The third kappa shape index (κ3) is 11.1. The van der Waals surface area contributed by atoms with Crippen molar-refractivity contribution >= 4 is 17.8 Å².